The highest BCUT2D eigenvalue weighted by atomic mass is 16.5. The molecule has 0 aromatic carbocycles. The molecule has 0 saturated carbocycles. The number of carbonyl (C=O) groups is 2. The van der Waals surface area contributed by atoms with E-state index in [4.69, 9.17) is 15.7 Å². The van der Waals surface area contributed by atoms with Crippen molar-refractivity contribution < 1.29 is 19.4 Å². The number of ether oxygens (including phenoxy) is 1. The molecule has 0 unspecified atom stereocenters. The monoisotopic (exact) mass is 203 g/mol. The van der Waals surface area contributed by atoms with Crippen LogP contribution >= 0.6 is 0 Å². The number of hydrogen-bond acceptors (Lipinski definition) is 4. The molecule has 1 heterocycles. The van der Waals surface area contributed by atoms with Gasteiger partial charge < -0.3 is 15.2 Å². The second kappa shape index (κ2) is 4.77. The number of carbonyl (C=O) groups excluding carboxylic acids is 1. The molecule has 1 rings (SSSR count). The zero-order chi connectivity index (χ0) is 10.6. The van der Waals surface area contributed by atoms with Gasteiger partial charge in [0.25, 0.3) is 5.91 Å². The number of carboxylic acid groups (broad SMARTS) is 1. The Hall–Kier alpha value is -1.34. The van der Waals surface area contributed by atoms with E-state index in [1.165, 1.54) is 0 Å². The number of amides is 2. The van der Waals surface area contributed by atoms with Crippen molar-refractivity contribution in [3.8, 4) is 0 Å². The Morgan fingerprint density at radius 3 is 2.57 bits per heavy atom. The minimum atomic E-state index is -1.08. The summed E-state index contributed by atoms with van der Waals surface area (Å²) in [6.45, 7) is 0.199. The summed E-state index contributed by atoms with van der Waals surface area (Å²) in [4.78, 5) is 21.3. The molecule has 2 atom stereocenters. The van der Waals surface area contributed by atoms with Gasteiger partial charge in [-0.15, -0.1) is 0 Å². The van der Waals surface area contributed by atoms with E-state index in [0.717, 1.165) is 0 Å². The largest absolute Gasteiger partial charge is 0.465 e. The maximum Gasteiger partial charge on any atom is 0.404 e. The average molecular weight is 203 g/mol. The fourth-order valence-electron chi connectivity index (χ4n) is 1.34. The first-order valence-electron chi connectivity index (χ1n) is 4.25. The molecule has 0 bridgehead atoms. The Morgan fingerprint density at radius 2 is 2.14 bits per heavy atom. The summed E-state index contributed by atoms with van der Waals surface area (Å²) >= 11 is 0. The first-order valence-corrected chi connectivity index (χ1v) is 4.25. The summed E-state index contributed by atoms with van der Waals surface area (Å²) in [5.74, 6) is 4.55. The van der Waals surface area contributed by atoms with Crippen LogP contribution < -0.4 is 16.6 Å². The third kappa shape index (κ3) is 2.86. The van der Waals surface area contributed by atoms with E-state index in [0.29, 0.717) is 12.8 Å². The maximum atomic E-state index is 11.0. The van der Waals surface area contributed by atoms with Gasteiger partial charge in [0, 0.05) is 0 Å². The molecule has 7 nitrogen and oxygen atoms in total. The zero-order valence-electron chi connectivity index (χ0n) is 7.53. The topological polar surface area (TPSA) is 114 Å². The second-order valence-electron chi connectivity index (χ2n) is 3.05. The van der Waals surface area contributed by atoms with Gasteiger partial charge in [0.15, 0.2) is 0 Å². The van der Waals surface area contributed by atoms with Crippen LogP contribution in [0.3, 0.4) is 0 Å². The number of nitrogens with one attached hydrogen (secondary N) is 2. The Morgan fingerprint density at radius 1 is 1.43 bits per heavy atom. The Labute approximate surface area is 80.6 Å². The molecule has 1 aliphatic heterocycles. The van der Waals surface area contributed by atoms with Gasteiger partial charge in [-0.1, -0.05) is 0 Å². The van der Waals surface area contributed by atoms with Crippen LogP contribution in [-0.2, 0) is 9.53 Å². The Bertz CT molecular complexity index is 225. The molecule has 5 N–H and O–H groups in total. The first kappa shape index (κ1) is 10.7. The first-order chi connectivity index (χ1) is 6.63. The van der Waals surface area contributed by atoms with Gasteiger partial charge in [-0.05, 0) is 12.8 Å². The van der Waals surface area contributed by atoms with Gasteiger partial charge in [-0.3, -0.25) is 10.2 Å². The van der Waals surface area contributed by atoms with Gasteiger partial charge in [0.1, 0.15) is 6.10 Å². The quantitative estimate of drug-likeness (QED) is 0.255. The predicted octanol–water partition coefficient (Wildman–Crippen LogP) is -1.21. The van der Waals surface area contributed by atoms with Gasteiger partial charge in [-0.2, -0.15) is 0 Å². The van der Waals surface area contributed by atoms with Crippen molar-refractivity contribution in [2.24, 2.45) is 5.84 Å². The minimum Gasteiger partial charge on any atom is -0.465 e. The van der Waals surface area contributed by atoms with Gasteiger partial charge in [0.05, 0.1) is 12.6 Å². The van der Waals surface area contributed by atoms with Gasteiger partial charge in [-0.25, -0.2) is 10.6 Å². The molecule has 2 amide bonds. The van der Waals surface area contributed by atoms with Crippen molar-refractivity contribution in [3.63, 3.8) is 0 Å². The fraction of sp³-hybridized carbons (Fsp3) is 0.714. The van der Waals surface area contributed by atoms with E-state index in [9.17, 15) is 9.59 Å². The lowest BCUT2D eigenvalue weighted by molar-refractivity contribution is -0.136. The lowest BCUT2D eigenvalue weighted by Crippen LogP contribution is -2.48. The van der Waals surface area contributed by atoms with Crippen LogP contribution in [0.5, 0.6) is 0 Å². The molecule has 1 fully saturated rings. The van der Waals surface area contributed by atoms with Crippen LogP contribution in [0.4, 0.5) is 4.79 Å². The standard InChI is InChI=1S/C7H13N3O4/c8-10-6(11)5-2-1-4(3-14-5)9-7(12)13/h4-5,9H,1-3,8H2,(H,10,11)(H,12,13)/t4-,5+/m1/s1. The summed E-state index contributed by atoms with van der Waals surface area (Å²) < 4.78 is 5.13. The van der Waals surface area contributed by atoms with Gasteiger partial charge in [0.2, 0.25) is 0 Å². The summed E-state index contributed by atoms with van der Waals surface area (Å²) in [7, 11) is 0. The molecule has 0 aromatic heterocycles. The third-order valence-corrected chi connectivity index (χ3v) is 2.04. The third-order valence-electron chi connectivity index (χ3n) is 2.04. The van der Waals surface area contributed by atoms with Crippen LogP contribution in [-0.4, -0.2) is 35.9 Å². The normalized spacial score (nSPS) is 26.6. The molecular formula is C7H13N3O4. The fourth-order valence-corrected chi connectivity index (χ4v) is 1.34. The smallest absolute Gasteiger partial charge is 0.404 e. The van der Waals surface area contributed by atoms with Gasteiger partial charge >= 0.3 is 6.09 Å². The molecular weight excluding hydrogens is 190 g/mol. The molecule has 7 heteroatoms. The molecule has 0 radical (unpaired) electrons. The molecule has 0 aromatic rings. The molecule has 0 aliphatic carbocycles. The Balaban J connectivity index is 2.31. The molecule has 80 valence electrons. The zero-order valence-corrected chi connectivity index (χ0v) is 7.53. The molecule has 1 saturated heterocycles. The van der Waals surface area contributed by atoms with E-state index in [-0.39, 0.29) is 18.6 Å². The van der Waals surface area contributed by atoms with E-state index in [2.05, 4.69) is 5.32 Å². The van der Waals surface area contributed by atoms with E-state index in [1.807, 2.05) is 5.43 Å². The number of hydrogen-bond donors (Lipinski definition) is 4. The second-order valence-corrected chi connectivity index (χ2v) is 3.05. The number of hydrazine groups is 1. The predicted molar refractivity (Wildman–Crippen MR) is 46.3 cm³/mol. The molecule has 1 aliphatic rings. The number of nitrogens with two attached hydrogens (primary N) is 1. The van der Waals surface area contributed by atoms with Crippen molar-refractivity contribution in [3.05, 3.63) is 0 Å². The SMILES string of the molecule is NNC(=O)[C@@H]1CC[C@@H](NC(=O)O)CO1. The minimum absolute atomic E-state index is 0.199. The number of rotatable bonds is 2. The highest BCUT2D eigenvalue weighted by Crippen LogP contribution is 2.13. The Kier molecular flexibility index (Phi) is 3.66. The van der Waals surface area contributed by atoms with E-state index < -0.39 is 12.2 Å². The summed E-state index contributed by atoms with van der Waals surface area (Å²) in [6.07, 6.45) is -0.606. The van der Waals surface area contributed by atoms with Crippen LogP contribution in [0.25, 0.3) is 0 Å². The van der Waals surface area contributed by atoms with Crippen molar-refractivity contribution in [1.29, 1.82) is 0 Å². The highest BCUT2D eigenvalue weighted by molar-refractivity contribution is 5.80. The lowest BCUT2D eigenvalue weighted by atomic mass is 10.0. The van der Waals surface area contributed by atoms with Crippen LogP contribution in [0.15, 0.2) is 0 Å². The van der Waals surface area contributed by atoms with Crippen molar-refractivity contribution in [2.75, 3.05) is 6.61 Å². The van der Waals surface area contributed by atoms with E-state index >= 15 is 0 Å². The average Bonchev–Trinajstić information content (AvgIpc) is 2.17. The summed E-state index contributed by atoms with van der Waals surface area (Å²) in [6, 6.07) is -0.241. The van der Waals surface area contributed by atoms with Crippen LogP contribution in [0.2, 0.25) is 0 Å². The lowest BCUT2D eigenvalue weighted by Gasteiger charge is -2.27. The van der Waals surface area contributed by atoms with Crippen LogP contribution in [0.1, 0.15) is 12.8 Å². The van der Waals surface area contributed by atoms with Crippen LogP contribution in [0, 0.1) is 0 Å². The van der Waals surface area contributed by atoms with E-state index in [1.54, 1.807) is 0 Å². The molecule has 0 spiro atoms. The van der Waals surface area contributed by atoms with Crippen molar-refractivity contribution in [1.82, 2.24) is 10.7 Å². The maximum absolute atomic E-state index is 11.0. The van der Waals surface area contributed by atoms with Crippen molar-refractivity contribution in [2.45, 2.75) is 25.0 Å². The van der Waals surface area contributed by atoms with Crippen molar-refractivity contribution >= 4 is 12.0 Å². The molecule has 14 heavy (non-hydrogen) atoms. The highest BCUT2D eigenvalue weighted by Gasteiger charge is 2.27. The summed E-state index contributed by atoms with van der Waals surface area (Å²) in [5.41, 5.74) is 1.99. The summed E-state index contributed by atoms with van der Waals surface area (Å²) in [5, 5.41) is 10.7.